The van der Waals surface area contributed by atoms with Crippen molar-refractivity contribution in [2.45, 2.75) is 51.6 Å². The maximum absolute atomic E-state index is 12.2. The van der Waals surface area contributed by atoms with Gasteiger partial charge in [-0.1, -0.05) is 12.8 Å². The summed E-state index contributed by atoms with van der Waals surface area (Å²) in [5.41, 5.74) is 0. The number of aliphatic hydroxyl groups is 1. The monoisotopic (exact) mass is 242 g/mol. The normalized spacial score (nSPS) is 22.8. The first kappa shape index (κ1) is 14.0. The Morgan fingerprint density at radius 2 is 2.12 bits per heavy atom. The van der Waals surface area contributed by atoms with Gasteiger partial charge in [0.15, 0.2) is 0 Å². The average Bonchev–Trinajstić information content (AvgIpc) is 2.51. The molecule has 17 heavy (non-hydrogen) atoms. The van der Waals surface area contributed by atoms with Gasteiger partial charge in [0.05, 0.1) is 12.6 Å². The lowest BCUT2D eigenvalue weighted by Crippen LogP contribution is -2.51. The molecule has 1 aliphatic rings. The lowest BCUT2D eigenvalue weighted by atomic mass is 10.1. The van der Waals surface area contributed by atoms with Crippen LogP contribution in [0.4, 0.5) is 0 Å². The molecule has 0 saturated carbocycles. The van der Waals surface area contributed by atoms with Crippen molar-refractivity contribution < 1.29 is 14.7 Å². The van der Waals surface area contributed by atoms with Gasteiger partial charge in [0.25, 0.3) is 0 Å². The lowest BCUT2D eigenvalue weighted by Gasteiger charge is -2.31. The lowest BCUT2D eigenvalue weighted by molar-refractivity contribution is -0.138. The summed E-state index contributed by atoms with van der Waals surface area (Å²) < 4.78 is 0. The molecule has 5 heteroatoms. The van der Waals surface area contributed by atoms with Gasteiger partial charge < -0.3 is 15.3 Å². The van der Waals surface area contributed by atoms with Crippen LogP contribution in [0.5, 0.6) is 0 Å². The van der Waals surface area contributed by atoms with Crippen LogP contribution in [0.1, 0.15) is 39.5 Å². The summed E-state index contributed by atoms with van der Waals surface area (Å²) in [5.74, 6) is -0.303. The smallest absolute Gasteiger partial charge is 0.245 e. The summed E-state index contributed by atoms with van der Waals surface area (Å²) in [6, 6.07) is -0.610. The molecule has 98 valence electrons. The molecule has 0 aromatic rings. The highest BCUT2D eigenvalue weighted by Gasteiger charge is 2.28. The minimum Gasteiger partial charge on any atom is -0.394 e. The number of aliphatic hydroxyl groups excluding tert-OH is 1. The van der Waals surface area contributed by atoms with Crippen molar-refractivity contribution in [2.24, 2.45) is 0 Å². The number of hydrogen-bond acceptors (Lipinski definition) is 3. The van der Waals surface area contributed by atoms with E-state index in [4.69, 9.17) is 0 Å². The molecule has 1 aliphatic heterocycles. The SMILES string of the molecule is CC(=O)NC(C)C(=O)N1CCCCCC1CO. The minimum atomic E-state index is -0.514. The summed E-state index contributed by atoms with van der Waals surface area (Å²) in [6.07, 6.45) is 3.95. The standard InChI is InChI=1S/C12H22N2O3/c1-9(13-10(2)16)12(17)14-7-5-3-4-6-11(14)8-15/h9,11,15H,3-8H2,1-2H3,(H,13,16). The molecule has 1 heterocycles. The van der Waals surface area contributed by atoms with Gasteiger partial charge in [0, 0.05) is 13.5 Å². The first-order valence-electron chi connectivity index (χ1n) is 6.24. The predicted molar refractivity (Wildman–Crippen MR) is 64.3 cm³/mol. The van der Waals surface area contributed by atoms with E-state index in [1.54, 1.807) is 11.8 Å². The van der Waals surface area contributed by atoms with Gasteiger partial charge in [0.2, 0.25) is 11.8 Å². The Morgan fingerprint density at radius 1 is 1.41 bits per heavy atom. The van der Waals surface area contributed by atoms with Crippen LogP contribution in [-0.2, 0) is 9.59 Å². The van der Waals surface area contributed by atoms with Crippen molar-refractivity contribution in [1.82, 2.24) is 10.2 Å². The van der Waals surface area contributed by atoms with Crippen LogP contribution < -0.4 is 5.32 Å². The van der Waals surface area contributed by atoms with Crippen LogP contribution in [-0.4, -0.2) is 47.1 Å². The molecule has 0 radical (unpaired) electrons. The molecule has 0 aromatic carbocycles. The van der Waals surface area contributed by atoms with Gasteiger partial charge in [0.1, 0.15) is 6.04 Å². The quantitative estimate of drug-likeness (QED) is 0.746. The highest BCUT2D eigenvalue weighted by molar-refractivity contribution is 5.86. The summed E-state index contributed by atoms with van der Waals surface area (Å²) in [5, 5.41) is 11.9. The van der Waals surface area contributed by atoms with E-state index in [0.29, 0.717) is 6.54 Å². The molecular weight excluding hydrogens is 220 g/mol. The molecule has 2 unspecified atom stereocenters. The van der Waals surface area contributed by atoms with E-state index in [9.17, 15) is 14.7 Å². The zero-order chi connectivity index (χ0) is 12.8. The number of amides is 2. The Labute approximate surface area is 102 Å². The number of nitrogens with one attached hydrogen (secondary N) is 1. The molecule has 0 spiro atoms. The van der Waals surface area contributed by atoms with Gasteiger partial charge in [-0.2, -0.15) is 0 Å². The molecular formula is C12H22N2O3. The predicted octanol–water partition coefficient (Wildman–Crippen LogP) is 0.274. The average molecular weight is 242 g/mol. The van der Waals surface area contributed by atoms with E-state index in [1.165, 1.54) is 6.92 Å². The topological polar surface area (TPSA) is 69.6 Å². The maximum Gasteiger partial charge on any atom is 0.245 e. The van der Waals surface area contributed by atoms with Crippen LogP contribution in [0.25, 0.3) is 0 Å². The molecule has 1 rings (SSSR count). The van der Waals surface area contributed by atoms with E-state index in [-0.39, 0.29) is 24.5 Å². The summed E-state index contributed by atoms with van der Waals surface area (Å²) in [6.45, 7) is 3.76. The van der Waals surface area contributed by atoms with Gasteiger partial charge in [-0.25, -0.2) is 0 Å². The summed E-state index contributed by atoms with van der Waals surface area (Å²) in [7, 11) is 0. The van der Waals surface area contributed by atoms with Gasteiger partial charge in [-0.3, -0.25) is 9.59 Å². The van der Waals surface area contributed by atoms with Crippen LogP contribution in [0, 0.1) is 0 Å². The second-order valence-electron chi connectivity index (χ2n) is 4.64. The molecule has 5 nitrogen and oxygen atoms in total. The zero-order valence-electron chi connectivity index (χ0n) is 10.6. The second kappa shape index (κ2) is 6.59. The van der Waals surface area contributed by atoms with Crippen molar-refractivity contribution in [1.29, 1.82) is 0 Å². The summed E-state index contributed by atoms with van der Waals surface area (Å²) in [4.78, 5) is 24.8. The molecule has 0 aliphatic carbocycles. The Kier molecular flexibility index (Phi) is 5.41. The molecule has 2 atom stereocenters. The maximum atomic E-state index is 12.2. The van der Waals surface area contributed by atoms with Crippen LogP contribution in [0.3, 0.4) is 0 Å². The Hall–Kier alpha value is -1.10. The van der Waals surface area contributed by atoms with Crippen molar-refractivity contribution in [3.05, 3.63) is 0 Å². The van der Waals surface area contributed by atoms with E-state index in [2.05, 4.69) is 5.32 Å². The fourth-order valence-corrected chi connectivity index (χ4v) is 2.27. The van der Waals surface area contributed by atoms with E-state index in [1.807, 2.05) is 0 Å². The zero-order valence-corrected chi connectivity index (χ0v) is 10.6. The molecule has 0 bridgehead atoms. The van der Waals surface area contributed by atoms with E-state index >= 15 is 0 Å². The van der Waals surface area contributed by atoms with Crippen molar-refractivity contribution in [3.63, 3.8) is 0 Å². The fraction of sp³-hybridized carbons (Fsp3) is 0.833. The number of nitrogens with zero attached hydrogens (tertiary/aromatic N) is 1. The van der Waals surface area contributed by atoms with Crippen LogP contribution >= 0.6 is 0 Å². The fourth-order valence-electron chi connectivity index (χ4n) is 2.27. The Morgan fingerprint density at radius 3 is 2.71 bits per heavy atom. The third kappa shape index (κ3) is 4.00. The Bertz CT molecular complexity index is 281. The van der Waals surface area contributed by atoms with Crippen LogP contribution in [0.2, 0.25) is 0 Å². The third-order valence-electron chi connectivity index (χ3n) is 3.16. The van der Waals surface area contributed by atoms with Gasteiger partial charge in [-0.05, 0) is 19.8 Å². The molecule has 1 fully saturated rings. The van der Waals surface area contributed by atoms with E-state index < -0.39 is 6.04 Å². The number of hydrogen-bond donors (Lipinski definition) is 2. The molecule has 2 amide bonds. The number of likely N-dealkylation sites (tertiary alicyclic amines) is 1. The first-order chi connectivity index (χ1) is 8.06. The third-order valence-corrected chi connectivity index (χ3v) is 3.16. The molecule has 0 aromatic heterocycles. The first-order valence-corrected chi connectivity index (χ1v) is 6.24. The minimum absolute atomic E-state index is 0.00146. The second-order valence-corrected chi connectivity index (χ2v) is 4.64. The summed E-state index contributed by atoms with van der Waals surface area (Å²) >= 11 is 0. The largest absolute Gasteiger partial charge is 0.394 e. The van der Waals surface area contributed by atoms with E-state index in [0.717, 1.165) is 25.7 Å². The number of carbonyl (C=O) groups is 2. The highest BCUT2D eigenvalue weighted by Crippen LogP contribution is 2.17. The molecule has 1 saturated heterocycles. The van der Waals surface area contributed by atoms with Crippen molar-refractivity contribution in [2.75, 3.05) is 13.2 Å². The number of carbonyl (C=O) groups excluding carboxylic acids is 2. The van der Waals surface area contributed by atoms with Crippen LogP contribution in [0.15, 0.2) is 0 Å². The number of rotatable bonds is 3. The Balaban J connectivity index is 2.66. The highest BCUT2D eigenvalue weighted by atomic mass is 16.3. The van der Waals surface area contributed by atoms with Gasteiger partial charge in [-0.15, -0.1) is 0 Å². The van der Waals surface area contributed by atoms with Crippen molar-refractivity contribution in [3.8, 4) is 0 Å². The van der Waals surface area contributed by atoms with Gasteiger partial charge >= 0.3 is 0 Å². The van der Waals surface area contributed by atoms with Crippen molar-refractivity contribution >= 4 is 11.8 Å². The molecule has 2 N–H and O–H groups in total.